The molecule has 8 nitrogen and oxygen atoms in total. The van der Waals surface area contributed by atoms with Crippen molar-refractivity contribution in [3.8, 4) is 5.75 Å². The van der Waals surface area contributed by atoms with E-state index < -0.39 is 6.04 Å². The third-order valence-corrected chi connectivity index (χ3v) is 8.16. The Morgan fingerprint density at radius 1 is 0.818 bits per heavy atom. The molecule has 8 heteroatoms. The van der Waals surface area contributed by atoms with Gasteiger partial charge in [0.2, 0.25) is 0 Å². The summed E-state index contributed by atoms with van der Waals surface area (Å²) in [5, 5.41) is 14.1. The summed E-state index contributed by atoms with van der Waals surface area (Å²) in [6.07, 6.45) is 0.759. The fraction of sp³-hybridized carbons (Fsp3) is 0.222. The number of fused-ring (bicyclic) bond motifs is 1. The fourth-order valence-corrected chi connectivity index (χ4v) is 5.76. The number of nitrogens with zero attached hydrogens (tertiary/aromatic N) is 5. The summed E-state index contributed by atoms with van der Waals surface area (Å²) < 4.78 is 7.26. The third kappa shape index (κ3) is 6.31. The highest BCUT2D eigenvalue weighted by Crippen LogP contribution is 2.31. The van der Waals surface area contributed by atoms with E-state index >= 15 is 0 Å². The maximum atomic E-state index is 14.0. The van der Waals surface area contributed by atoms with Crippen LogP contribution in [0.3, 0.4) is 0 Å². The van der Waals surface area contributed by atoms with Crippen LogP contribution in [0.4, 0.5) is 0 Å². The van der Waals surface area contributed by atoms with Gasteiger partial charge in [0.25, 0.3) is 5.56 Å². The van der Waals surface area contributed by atoms with E-state index in [2.05, 4.69) is 74.8 Å². The van der Waals surface area contributed by atoms with Gasteiger partial charge in [0.1, 0.15) is 11.8 Å². The van der Waals surface area contributed by atoms with E-state index in [0.29, 0.717) is 31.0 Å². The van der Waals surface area contributed by atoms with Gasteiger partial charge >= 0.3 is 0 Å². The number of aryl methyl sites for hydroxylation is 4. The molecule has 0 aliphatic rings. The van der Waals surface area contributed by atoms with Crippen LogP contribution in [0.25, 0.3) is 10.9 Å². The highest BCUT2D eigenvalue weighted by molar-refractivity contribution is 5.85. The molecule has 0 bridgehead atoms. The minimum Gasteiger partial charge on any atom is -0.497 e. The molecule has 6 rings (SSSR count). The van der Waals surface area contributed by atoms with Crippen molar-refractivity contribution < 1.29 is 4.74 Å². The Morgan fingerprint density at radius 2 is 1.45 bits per heavy atom. The average molecular weight is 585 g/mol. The van der Waals surface area contributed by atoms with Crippen molar-refractivity contribution in [2.45, 2.75) is 45.9 Å². The Hall–Kier alpha value is -5.08. The molecule has 0 unspecified atom stereocenters. The van der Waals surface area contributed by atoms with Gasteiger partial charge in [-0.1, -0.05) is 84.9 Å². The second kappa shape index (κ2) is 13.1. The van der Waals surface area contributed by atoms with Gasteiger partial charge in [-0.25, -0.2) is 4.68 Å². The second-order valence-corrected chi connectivity index (χ2v) is 11.2. The van der Waals surface area contributed by atoms with E-state index in [1.54, 1.807) is 7.11 Å². The minimum atomic E-state index is -0.531. The van der Waals surface area contributed by atoms with Crippen LogP contribution in [-0.4, -0.2) is 37.2 Å². The minimum absolute atomic E-state index is 0.151. The molecule has 0 amide bonds. The number of ether oxygens (including phenoxy) is 1. The number of nitrogens with one attached hydrogen (secondary N) is 1. The zero-order valence-electron chi connectivity index (χ0n) is 25.3. The lowest BCUT2D eigenvalue weighted by Gasteiger charge is -2.31. The monoisotopic (exact) mass is 584 g/mol. The van der Waals surface area contributed by atoms with Gasteiger partial charge in [-0.15, -0.1) is 5.10 Å². The van der Waals surface area contributed by atoms with Crippen LogP contribution in [0.15, 0.2) is 108 Å². The van der Waals surface area contributed by atoms with Crippen LogP contribution in [0.5, 0.6) is 5.75 Å². The molecule has 0 radical (unpaired) electrons. The van der Waals surface area contributed by atoms with Gasteiger partial charge in [0.15, 0.2) is 5.82 Å². The molecule has 0 saturated heterocycles. The maximum Gasteiger partial charge on any atom is 0.253 e. The number of H-pyrrole nitrogens is 1. The number of benzene rings is 4. The molecule has 2 heterocycles. The number of methoxy groups -OCH3 is 1. The van der Waals surface area contributed by atoms with Crippen LogP contribution in [0.1, 0.15) is 45.2 Å². The van der Waals surface area contributed by atoms with E-state index in [0.717, 1.165) is 45.3 Å². The van der Waals surface area contributed by atoms with Crippen LogP contribution >= 0.6 is 0 Å². The number of rotatable bonds is 11. The van der Waals surface area contributed by atoms with E-state index in [1.807, 2.05) is 72.3 Å². The van der Waals surface area contributed by atoms with Gasteiger partial charge < -0.3 is 9.72 Å². The topological polar surface area (TPSA) is 88.9 Å². The first kappa shape index (κ1) is 29.0. The predicted octanol–water partition coefficient (Wildman–Crippen LogP) is 6.17. The van der Waals surface area contributed by atoms with Gasteiger partial charge in [-0.2, -0.15) is 0 Å². The van der Waals surface area contributed by atoms with Crippen molar-refractivity contribution in [2.24, 2.45) is 0 Å². The van der Waals surface area contributed by atoms with Crippen LogP contribution in [0.2, 0.25) is 0 Å². The summed E-state index contributed by atoms with van der Waals surface area (Å²) in [6, 6.07) is 34.3. The molecule has 0 saturated carbocycles. The summed E-state index contributed by atoms with van der Waals surface area (Å²) >= 11 is 0. The lowest BCUT2D eigenvalue weighted by atomic mass is 9.98. The molecule has 2 aromatic heterocycles. The van der Waals surface area contributed by atoms with Crippen LogP contribution in [0, 0.1) is 13.8 Å². The van der Waals surface area contributed by atoms with Crippen molar-refractivity contribution in [3.63, 3.8) is 0 Å². The first-order valence-corrected chi connectivity index (χ1v) is 14.8. The Morgan fingerprint density at radius 3 is 2.14 bits per heavy atom. The summed E-state index contributed by atoms with van der Waals surface area (Å²) in [6.45, 7) is 5.80. The van der Waals surface area contributed by atoms with Crippen molar-refractivity contribution in [3.05, 3.63) is 153 Å². The summed E-state index contributed by atoms with van der Waals surface area (Å²) in [7, 11) is 1.66. The van der Waals surface area contributed by atoms with Crippen molar-refractivity contribution in [1.29, 1.82) is 0 Å². The second-order valence-electron chi connectivity index (χ2n) is 11.2. The molecule has 1 atom stereocenters. The molecule has 44 heavy (non-hydrogen) atoms. The van der Waals surface area contributed by atoms with Gasteiger partial charge in [0.05, 0.1) is 12.6 Å². The molecule has 1 N–H and O–H groups in total. The Bertz CT molecular complexity index is 1900. The molecular weight excluding hydrogens is 548 g/mol. The highest BCUT2D eigenvalue weighted by atomic mass is 16.5. The lowest BCUT2D eigenvalue weighted by molar-refractivity contribution is 0.193. The maximum absolute atomic E-state index is 14.0. The SMILES string of the molecule is COc1ccc(CN(Cc2ccccc2)[C@H](c2cc3c(C)ccc(C)c3[nH]c2=O)c2nnnn2CCc2ccccc2)cc1. The number of aromatic nitrogens is 5. The first-order valence-electron chi connectivity index (χ1n) is 14.8. The van der Waals surface area contributed by atoms with Gasteiger partial charge in [-0.05, 0) is 76.7 Å². The number of aromatic amines is 1. The van der Waals surface area contributed by atoms with E-state index in [-0.39, 0.29) is 5.56 Å². The quantitative estimate of drug-likeness (QED) is 0.196. The molecule has 0 aliphatic heterocycles. The molecule has 4 aromatic carbocycles. The highest BCUT2D eigenvalue weighted by Gasteiger charge is 2.31. The molecular formula is C36H36N6O2. The van der Waals surface area contributed by atoms with Crippen LogP contribution in [-0.2, 0) is 26.1 Å². The molecule has 6 aromatic rings. The van der Waals surface area contributed by atoms with E-state index in [9.17, 15) is 4.79 Å². The molecule has 222 valence electrons. The zero-order valence-corrected chi connectivity index (χ0v) is 25.3. The normalized spacial score (nSPS) is 12.1. The number of pyridine rings is 1. The summed E-state index contributed by atoms with van der Waals surface area (Å²) in [5.74, 6) is 1.42. The molecule has 0 fully saturated rings. The van der Waals surface area contributed by atoms with Crippen molar-refractivity contribution in [2.75, 3.05) is 7.11 Å². The fourth-order valence-electron chi connectivity index (χ4n) is 5.76. The predicted molar refractivity (Wildman–Crippen MR) is 173 cm³/mol. The Kier molecular flexibility index (Phi) is 8.61. The van der Waals surface area contributed by atoms with Crippen molar-refractivity contribution in [1.82, 2.24) is 30.1 Å². The van der Waals surface area contributed by atoms with E-state index in [1.165, 1.54) is 5.56 Å². The molecule has 0 spiro atoms. The smallest absolute Gasteiger partial charge is 0.253 e. The zero-order chi connectivity index (χ0) is 30.5. The summed E-state index contributed by atoms with van der Waals surface area (Å²) in [5.41, 5.74) is 6.82. The number of hydrogen-bond donors (Lipinski definition) is 1. The third-order valence-electron chi connectivity index (χ3n) is 8.16. The largest absolute Gasteiger partial charge is 0.497 e. The number of tetrazole rings is 1. The van der Waals surface area contributed by atoms with Crippen molar-refractivity contribution >= 4 is 10.9 Å². The Balaban J connectivity index is 1.50. The first-order chi connectivity index (χ1) is 21.5. The lowest BCUT2D eigenvalue weighted by Crippen LogP contribution is -2.35. The summed E-state index contributed by atoms with van der Waals surface area (Å²) in [4.78, 5) is 19.5. The Labute approximate surface area is 256 Å². The number of hydrogen-bond acceptors (Lipinski definition) is 6. The molecule has 0 aliphatic carbocycles. The van der Waals surface area contributed by atoms with E-state index in [4.69, 9.17) is 4.74 Å². The van der Waals surface area contributed by atoms with Gasteiger partial charge in [-0.3, -0.25) is 9.69 Å². The van der Waals surface area contributed by atoms with Crippen LogP contribution < -0.4 is 10.3 Å². The van der Waals surface area contributed by atoms with Gasteiger partial charge in [0, 0.05) is 30.6 Å². The average Bonchev–Trinajstić information content (AvgIpc) is 3.52. The standard InChI is InChI=1S/C36H36N6O2/c1-25-14-15-26(2)33-31(25)22-32(36(43)37-33)34(35-38-39-40-42(35)21-20-27-10-6-4-7-11-27)41(23-28-12-8-5-9-13-28)24-29-16-18-30(44-3)19-17-29/h4-19,22,34H,20-21,23-24H2,1-3H3,(H,37,43)/t34-/m1/s1.